The highest BCUT2D eigenvalue weighted by Crippen LogP contribution is 2.50. The third kappa shape index (κ3) is 2.54. The number of benzene rings is 1. The van der Waals surface area contributed by atoms with E-state index < -0.39 is 5.54 Å². The SMILES string of the molecule is COc1cc(OC)c(OC)c(C2(N)CCCCC2)c1Cl. The molecule has 0 heterocycles. The average Bonchev–Trinajstić information content (AvgIpc) is 2.47. The Labute approximate surface area is 125 Å². The minimum Gasteiger partial charge on any atom is -0.495 e. The molecule has 0 radical (unpaired) electrons. The first-order chi connectivity index (χ1) is 9.57. The molecule has 1 aliphatic carbocycles. The quantitative estimate of drug-likeness (QED) is 0.925. The molecule has 5 heteroatoms. The van der Waals surface area contributed by atoms with Gasteiger partial charge in [0.15, 0.2) is 11.5 Å². The molecule has 2 N–H and O–H groups in total. The molecule has 1 aliphatic rings. The van der Waals surface area contributed by atoms with Crippen molar-refractivity contribution < 1.29 is 14.2 Å². The molecule has 1 aromatic rings. The van der Waals surface area contributed by atoms with Gasteiger partial charge in [0.1, 0.15) is 5.75 Å². The van der Waals surface area contributed by atoms with Crippen molar-refractivity contribution in [2.24, 2.45) is 5.73 Å². The van der Waals surface area contributed by atoms with Crippen LogP contribution in [0.2, 0.25) is 5.02 Å². The molecule has 0 amide bonds. The molecule has 0 aliphatic heterocycles. The number of hydrogen-bond acceptors (Lipinski definition) is 4. The molecular weight excluding hydrogens is 278 g/mol. The van der Waals surface area contributed by atoms with Crippen LogP contribution in [0.4, 0.5) is 0 Å². The Kier molecular flexibility index (Phi) is 4.66. The molecule has 1 aromatic carbocycles. The molecule has 0 atom stereocenters. The van der Waals surface area contributed by atoms with Crippen molar-refractivity contribution in [1.29, 1.82) is 0 Å². The molecule has 1 fully saturated rings. The van der Waals surface area contributed by atoms with Gasteiger partial charge in [-0.3, -0.25) is 0 Å². The summed E-state index contributed by atoms with van der Waals surface area (Å²) in [7, 11) is 4.79. The van der Waals surface area contributed by atoms with Crippen LogP contribution in [-0.2, 0) is 5.54 Å². The Balaban J connectivity index is 2.64. The van der Waals surface area contributed by atoms with Crippen LogP contribution in [0.3, 0.4) is 0 Å². The van der Waals surface area contributed by atoms with E-state index in [0.717, 1.165) is 31.2 Å². The first-order valence-electron chi connectivity index (χ1n) is 6.85. The lowest BCUT2D eigenvalue weighted by Crippen LogP contribution is -2.39. The number of rotatable bonds is 4. The maximum absolute atomic E-state index is 6.63. The fourth-order valence-corrected chi connectivity index (χ4v) is 3.38. The number of methoxy groups -OCH3 is 3. The van der Waals surface area contributed by atoms with E-state index in [2.05, 4.69) is 0 Å². The maximum Gasteiger partial charge on any atom is 0.167 e. The summed E-state index contributed by atoms with van der Waals surface area (Å²) in [6.07, 6.45) is 5.17. The van der Waals surface area contributed by atoms with Crippen molar-refractivity contribution in [3.63, 3.8) is 0 Å². The minimum absolute atomic E-state index is 0.484. The fraction of sp³-hybridized carbons (Fsp3) is 0.600. The maximum atomic E-state index is 6.63. The topological polar surface area (TPSA) is 53.7 Å². The van der Waals surface area contributed by atoms with Gasteiger partial charge in [-0.25, -0.2) is 0 Å². The smallest absolute Gasteiger partial charge is 0.167 e. The van der Waals surface area contributed by atoms with Gasteiger partial charge in [0.25, 0.3) is 0 Å². The zero-order valence-corrected chi connectivity index (χ0v) is 13.0. The number of nitrogens with two attached hydrogens (primary N) is 1. The van der Waals surface area contributed by atoms with E-state index in [0.29, 0.717) is 22.3 Å². The van der Waals surface area contributed by atoms with Gasteiger partial charge in [-0.1, -0.05) is 30.9 Å². The summed E-state index contributed by atoms with van der Waals surface area (Å²) in [6, 6.07) is 1.73. The van der Waals surface area contributed by atoms with Crippen LogP contribution in [0.25, 0.3) is 0 Å². The Morgan fingerprint density at radius 2 is 1.60 bits per heavy atom. The van der Waals surface area contributed by atoms with Crippen LogP contribution in [0, 0.1) is 0 Å². The van der Waals surface area contributed by atoms with Crippen molar-refractivity contribution in [2.45, 2.75) is 37.6 Å². The van der Waals surface area contributed by atoms with E-state index in [1.165, 1.54) is 6.42 Å². The monoisotopic (exact) mass is 299 g/mol. The number of hydrogen-bond donors (Lipinski definition) is 1. The van der Waals surface area contributed by atoms with Gasteiger partial charge < -0.3 is 19.9 Å². The van der Waals surface area contributed by atoms with E-state index >= 15 is 0 Å². The highest BCUT2D eigenvalue weighted by Gasteiger charge is 2.37. The molecule has 0 unspecified atom stereocenters. The summed E-state index contributed by atoms with van der Waals surface area (Å²) in [5, 5.41) is 0.523. The van der Waals surface area contributed by atoms with Crippen molar-refractivity contribution in [1.82, 2.24) is 0 Å². The molecular formula is C15H22ClNO3. The molecule has 1 saturated carbocycles. The minimum atomic E-state index is -0.484. The third-order valence-electron chi connectivity index (χ3n) is 4.04. The van der Waals surface area contributed by atoms with Crippen LogP contribution in [0.15, 0.2) is 6.07 Å². The Morgan fingerprint density at radius 1 is 1.00 bits per heavy atom. The van der Waals surface area contributed by atoms with E-state index in [1.54, 1.807) is 27.4 Å². The lowest BCUT2D eigenvalue weighted by atomic mass is 9.77. The van der Waals surface area contributed by atoms with Gasteiger partial charge >= 0.3 is 0 Å². The van der Waals surface area contributed by atoms with Crippen molar-refractivity contribution in [3.05, 3.63) is 16.7 Å². The van der Waals surface area contributed by atoms with Gasteiger partial charge in [0.2, 0.25) is 0 Å². The first kappa shape index (κ1) is 15.3. The Hall–Kier alpha value is -1.13. The largest absolute Gasteiger partial charge is 0.495 e. The molecule has 4 nitrogen and oxygen atoms in total. The predicted molar refractivity (Wildman–Crippen MR) is 80.1 cm³/mol. The van der Waals surface area contributed by atoms with Gasteiger partial charge in [-0.05, 0) is 12.8 Å². The van der Waals surface area contributed by atoms with Gasteiger partial charge in [-0.15, -0.1) is 0 Å². The Morgan fingerprint density at radius 3 is 2.10 bits per heavy atom. The van der Waals surface area contributed by atoms with Crippen molar-refractivity contribution in [2.75, 3.05) is 21.3 Å². The van der Waals surface area contributed by atoms with Crippen molar-refractivity contribution >= 4 is 11.6 Å². The second kappa shape index (κ2) is 6.10. The highest BCUT2D eigenvalue weighted by molar-refractivity contribution is 6.33. The molecule has 0 bridgehead atoms. The summed E-state index contributed by atoms with van der Waals surface area (Å²) >= 11 is 6.50. The van der Waals surface area contributed by atoms with Crippen molar-refractivity contribution in [3.8, 4) is 17.2 Å². The first-order valence-corrected chi connectivity index (χ1v) is 7.23. The molecule has 0 saturated heterocycles. The lowest BCUT2D eigenvalue weighted by Gasteiger charge is -2.36. The molecule has 0 spiro atoms. The van der Waals surface area contributed by atoms with Crippen LogP contribution < -0.4 is 19.9 Å². The average molecular weight is 300 g/mol. The summed E-state index contributed by atoms with van der Waals surface area (Å²) < 4.78 is 16.3. The standard InChI is InChI=1S/C15H22ClNO3/c1-18-10-9-11(19-2)14(20-3)12(13(10)16)15(17)7-5-4-6-8-15/h9H,4-8,17H2,1-3H3. The second-order valence-electron chi connectivity index (χ2n) is 5.22. The van der Waals surface area contributed by atoms with Gasteiger partial charge in [-0.2, -0.15) is 0 Å². The fourth-order valence-electron chi connectivity index (χ4n) is 2.97. The molecule has 20 heavy (non-hydrogen) atoms. The highest BCUT2D eigenvalue weighted by atomic mass is 35.5. The van der Waals surface area contributed by atoms with Crippen LogP contribution in [0.5, 0.6) is 17.2 Å². The van der Waals surface area contributed by atoms with Gasteiger partial charge in [0.05, 0.1) is 26.4 Å². The van der Waals surface area contributed by atoms with E-state index in [4.69, 9.17) is 31.5 Å². The summed E-state index contributed by atoms with van der Waals surface area (Å²) in [5.41, 5.74) is 6.95. The zero-order chi connectivity index (χ0) is 14.8. The number of halogens is 1. The molecule has 2 rings (SSSR count). The summed E-state index contributed by atoms with van der Waals surface area (Å²) in [4.78, 5) is 0. The summed E-state index contributed by atoms with van der Waals surface area (Å²) in [5.74, 6) is 1.77. The molecule has 112 valence electrons. The second-order valence-corrected chi connectivity index (χ2v) is 5.60. The van der Waals surface area contributed by atoms with Gasteiger partial charge in [0, 0.05) is 17.2 Å². The normalized spacial score (nSPS) is 17.6. The summed E-state index contributed by atoms with van der Waals surface area (Å²) in [6.45, 7) is 0. The number of ether oxygens (including phenoxy) is 3. The van der Waals surface area contributed by atoms with E-state index in [1.807, 2.05) is 0 Å². The Bertz CT molecular complexity index is 484. The predicted octanol–water partition coefficient (Wildman–Crippen LogP) is 3.48. The third-order valence-corrected chi connectivity index (χ3v) is 4.41. The van der Waals surface area contributed by atoms with Crippen LogP contribution in [0.1, 0.15) is 37.7 Å². The van der Waals surface area contributed by atoms with E-state index in [-0.39, 0.29) is 0 Å². The molecule has 0 aromatic heterocycles. The lowest BCUT2D eigenvalue weighted by molar-refractivity contribution is 0.280. The van der Waals surface area contributed by atoms with Crippen LogP contribution in [-0.4, -0.2) is 21.3 Å². The van der Waals surface area contributed by atoms with Crippen LogP contribution >= 0.6 is 11.6 Å². The van der Waals surface area contributed by atoms with E-state index in [9.17, 15) is 0 Å². The zero-order valence-electron chi connectivity index (χ0n) is 12.3.